The minimum atomic E-state index is -0.545. The van der Waals surface area contributed by atoms with Crippen molar-refractivity contribution in [1.29, 1.82) is 0 Å². The van der Waals surface area contributed by atoms with E-state index in [4.69, 9.17) is 28.4 Å². The number of hydrogen-bond donors (Lipinski definition) is 0. The predicted molar refractivity (Wildman–Crippen MR) is 140 cm³/mol. The highest BCUT2D eigenvalue weighted by Gasteiger charge is 2.32. The molecule has 2 heterocycles. The molecule has 0 aromatic heterocycles. The quantitative estimate of drug-likeness (QED) is 0.299. The molecule has 3 aliphatic rings. The van der Waals surface area contributed by atoms with E-state index in [-0.39, 0.29) is 30.2 Å². The molecule has 2 atom stereocenters. The van der Waals surface area contributed by atoms with Crippen LogP contribution in [0.15, 0.2) is 48.5 Å². The molecule has 0 radical (unpaired) electrons. The van der Waals surface area contributed by atoms with E-state index in [9.17, 15) is 9.18 Å². The maximum absolute atomic E-state index is 15.1. The summed E-state index contributed by atoms with van der Waals surface area (Å²) in [6, 6.07) is 12.7. The molecule has 0 spiro atoms. The Morgan fingerprint density at radius 3 is 2.52 bits per heavy atom. The SMILES string of the molecule is COC(=O)C[C@@H]1COc2cc(O[C@@H]3CCc4c(Oc5cc(OC6CCOCC6)ccc5F)ccc(F)c43)ccc21. The third-order valence-corrected chi connectivity index (χ3v) is 7.62. The van der Waals surface area contributed by atoms with Crippen molar-refractivity contribution in [3.63, 3.8) is 0 Å². The third kappa shape index (κ3) is 5.43. The molecule has 6 rings (SSSR count). The molecule has 3 aromatic rings. The standard InChI is InChI=1S/C31H30F2O7/c1-35-30(34)14-18-17-37-28-15-21(2-4-22(18)28)39-27-8-5-23-26(9-7-25(33)31(23)27)40-29-16-20(3-6-24(29)32)38-19-10-12-36-13-11-19/h2-4,6-7,9,15-16,18-19,27H,5,8,10-14,17H2,1H3/t18-,27-/m1/s1. The number of fused-ring (bicyclic) bond motifs is 2. The first-order valence-electron chi connectivity index (χ1n) is 13.5. The van der Waals surface area contributed by atoms with Gasteiger partial charge in [-0.15, -0.1) is 0 Å². The average molecular weight is 553 g/mol. The van der Waals surface area contributed by atoms with Crippen LogP contribution in [0.1, 0.15) is 54.4 Å². The normalized spacial score (nSPS) is 19.9. The lowest BCUT2D eigenvalue weighted by atomic mass is 9.98. The second-order valence-electron chi connectivity index (χ2n) is 10.2. The first-order valence-corrected chi connectivity index (χ1v) is 13.5. The van der Waals surface area contributed by atoms with Crippen molar-refractivity contribution in [2.75, 3.05) is 26.9 Å². The molecule has 9 heteroatoms. The lowest BCUT2D eigenvalue weighted by Gasteiger charge is -2.23. The van der Waals surface area contributed by atoms with Crippen molar-refractivity contribution in [3.05, 3.63) is 76.9 Å². The number of esters is 1. The van der Waals surface area contributed by atoms with Crippen molar-refractivity contribution in [3.8, 4) is 28.7 Å². The Kier molecular flexibility index (Phi) is 7.47. The molecule has 0 saturated carbocycles. The molecule has 7 nitrogen and oxygen atoms in total. The average Bonchev–Trinajstić information content (AvgIpc) is 3.57. The van der Waals surface area contributed by atoms with E-state index in [1.54, 1.807) is 18.2 Å². The number of hydrogen-bond acceptors (Lipinski definition) is 7. The molecular weight excluding hydrogens is 522 g/mol. The summed E-state index contributed by atoms with van der Waals surface area (Å²) in [4.78, 5) is 11.7. The maximum atomic E-state index is 15.1. The van der Waals surface area contributed by atoms with Gasteiger partial charge < -0.3 is 28.4 Å². The molecule has 0 bridgehead atoms. The van der Waals surface area contributed by atoms with Gasteiger partial charge >= 0.3 is 5.97 Å². The second-order valence-corrected chi connectivity index (χ2v) is 10.2. The number of ether oxygens (including phenoxy) is 6. The third-order valence-electron chi connectivity index (χ3n) is 7.62. The van der Waals surface area contributed by atoms with Crippen LogP contribution in [0.3, 0.4) is 0 Å². The summed E-state index contributed by atoms with van der Waals surface area (Å²) >= 11 is 0. The van der Waals surface area contributed by atoms with E-state index in [1.165, 1.54) is 31.4 Å². The molecule has 2 aliphatic heterocycles. The van der Waals surface area contributed by atoms with Gasteiger partial charge in [-0.05, 0) is 43.2 Å². The fraction of sp³-hybridized carbons (Fsp3) is 0.387. The summed E-state index contributed by atoms with van der Waals surface area (Å²) < 4.78 is 63.9. The molecule has 0 amide bonds. The molecule has 1 saturated heterocycles. The molecule has 1 fully saturated rings. The summed E-state index contributed by atoms with van der Waals surface area (Å²) in [5.41, 5.74) is 1.96. The number of halogens is 2. The summed E-state index contributed by atoms with van der Waals surface area (Å²) in [7, 11) is 1.36. The fourth-order valence-electron chi connectivity index (χ4n) is 5.54. The van der Waals surface area contributed by atoms with Crippen LogP contribution >= 0.6 is 0 Å². The highest BCUT2D eigenvalue weighted by atomic mass is 19.1. The van der Waals surface area contributed by atoms with Gasteiger partial charge in [0.05, 0.1) is 33.4 Å². The fourth-order valence-corrected chi connectivity index (χ4v) is 5.54. The number of carbonyl (C=O) groups is 1. The maximum Gasteiger partial charge on any atom is 0.306 e. The zero-order valence-corrected chi connectivity index (χ0v) is 22.1. The van der Waals surface area contributed by atoms with Crippen molar-refractivity contribution in [2.45, 2.75) is 50.2 Å². The van der Waals surface area contributed by atoms with Gasteiger partial charge in [0, 0.05) is 47.6 Å². The Morgan fingerprint density at radius 2 is 1.70 bits per heavy atom. The van der Waals surface area contributed by atoms with Crippen LogP contribution in [0.5, 0.6) is 28.7 Å². The van der Waals surface area contributed by atoms with Gasteiger partial charge in [0.2, 0.25) is 0 Å². The van der Waals surface area contributed by atoms with Crippen molar-refractivity contribution in [1.82, 2.24) is 0 Å². The zero-order valence-electron chi connectivity index (χ0n) is 22.1. The Balaban J connectivity index is 1.19. The first-order chi connectivity index (χ1) is 19.5. The van der Waals surface area contributed by atoms with E-state index >= 15 is 4.39 Å². The van der Waals surface area contributed by atoms with E-state index in [0.29, 0.717) is 66.8 Å². The molecule has 210 valence electrons. The van der Waals surface area contributed by atoms with Crippen LogP contribution in [0.2, 0.25) is 0 Å². The Bertz CT molecular complexity index is 1400. The largest absolute Gasteiger partial charge is 0.492 e. The number of methoxy groups -OCH3 is 1. The monoisotopic (exact) mass is 552 g/mol. The topological polar surface area (TPSA) is 72.5 Å². The van der Waals surface area contributed by atoms with E-state index in [2.05, 4.69) is 0 Å². The Hall–Kier alpha value is -3.85. The van der Waals surface area contributed by atoms with Crippen LogP contribution in [-0.4, -0.2) is 39.0 Å². The van der Waals surface area contributed by atoms with Crippen LogP contribution in [0, 0.1) is 11.6 Å². The zero-order chi connectivity index (χ0) is 27.6. The smallest absolute Gasteiger partial charge is 0.306 e. The number of benzene rings is 3. The van der Waals surface area contributed by atoms with E-state index < -0.39 is 17.7 Å². The molecule has 0 unspecified atom stereocenters. The minimum absolute atomic E-state index is 0.00314. The minimum Gasteiger partial charge on any atom is -0.492 e. The van der Waals surface area contributed by atoms with Crippen molar-refractivity contribution < 1.29 is 42.0 Å². The summed E-state index contributed by atoms with van der Waals surface area (Å²) in [6.45, 7) is 1.65. The molecule has 0 N–H and O–H groups in total. The van der Waals surface area contributed by atoms with Gasteiger partial charge in [-0.2, -0.15) is 0 Å². The highest BCUT2D eigenvalue weighted by Crippen LogP contribution is 2.45. The number of rotatable bonds is 8. The molecule has 3 aromatic carbocycles. The van der Waals surface area contributed by atoms with Crippen LogP contribution in [0.4, 0.5) is 8.78 Å². The van der Waals surface area contributed by atoms with Gasteiger partial charge in [0.15, 0.2) is 11.6 Å². The summed E-state index contributed by atoms with van der Waals surface area (Å²) in [6.07, 6.45) is 2.27. The van der Waals surface area contributed by atoms with Crippen molar-refractivity contribution in [2.24, 2.45) is 0 Å². The lowest BCUT2D eigenvalue weighted by molar-refractivity contribution is -0.141. The van der Waals surface area contributed by atoms with Crippen LogP contribution in [-0.2, 0) is 20.7 Å². The first kappa shape index (κ1) is 26.4. The summed E-state index contributed by atoms with van der Waals surface area (Å²) in [5, 5.41) is 0. The van der Waals surface area contributed by atoms with Gasteiger partial charge in [-0.25, -0.2) is 8.78 Å². The predicted octanol–water partition coefficient (Wildman–Crippen LogP) is 6.42. The Morgan fingerprint density at radius 1 is 0.925 bits per heavy atom. The van der Waals surface area contributed by atoms with Crippen molar-refractivity contribution >= 4 is 5.97 Å². The lowest BCUT2D eigenvalue weighted by Crippen LogP contribution is -2.25. The van der Waals surface area contributed by atoms with Gasteiger partial charge in [0.25, 0.3) is 0 Å². The summed E-state index contributed by atoms with van der Waals surface area (Å²) in [5.74, 6) is 0.761. The Labute approximate surface area is 230 Å². The molecule has 1 aliphatic carbocycles. The van der Waals surface area contributed by atoms with E-state index in [1.807, 2.05) is 6.07 Å². The van der Waals surface area contributed by atoms with Crippen LogP contribution in [0.25, 0.3) is 0 Å². The highest BCUT2D eigenvalue weighted by molar-refractivity contribution is 5.71. The second kappa shape index (κ2) is 11.3. The van der Waals surface area contributed by atoms with Crippen LogP contribution < -0.4 is 18.9 Å². The molecule has 40 heavy (non-hydrogen) atoms. The molecular formula is C31H30F2O7. The van der Waals surface area contributed by atoms with Gasteiger partial charge in [0.1, 0.15) is 41.0 Å². The van der Waals surface area contributed by atoms with Gasteiger partial charge in [-0.3, -0.25) is 4.79 Å². The van der Waals surface area contributed by atoms with Gasteiger partial charge in [-0.1, -0.05) is 6.07 Å². The number of carbonyl (C=O) groups excluding carboxylic acids is 1. The van der Waals surface area contributed by atoms with E-state index in [0.717, 1.165) is 18.4 Å².